The first-order chi connectivity index (χ1) is 9.86. The molecule has 21 heavy (non-hydrogen) atoms. The van der Waals surface area contributed by atoms with Gasteiger partial charge in [0.2, 0.25) is 0 Å². The fraction of sp³-hybridized carbons (Fsp3) is 0. The number of hydrogen-bond acceptors (Lipinski definition) is 4. The number of nitrogens with one attached hydrogen (secondary N) is 2. The summed E-state index contributed by atoms with van der Waals surface area (Å²) < 4.78 is 0. The van der Waals surface area contributed by atoms with Gasteiger partial charge in [-0.2, -0.15) is 0 Å². The zero-order valence-corrected chi connectivity index (χ0v) is 10.7. The Morgan fingerprint density at radius 2 is 0.952 bits per heavy atom. The van der Waals surface area contributed by atoms with Gasteiger partial charge in [0.25, 0.3) is 0 Å². The molecule has 0 radical (unpaired) electrons. The molecule has 0 aliphatic rings. The third-order valence-electron chi connectivity index (χ3n) is 2.02. The Hall–Kier alpha value is -2.62. The third kappa shape index (κ3) is 9.00. The van der Waals surface area contributed by atoms with Crippen molar-refractivity contribution >= 4 is 29.0 Å². The minimum atomic E-state index is 0. The van der Waals surface area contributed by atoms with Crippen LogP contribution in [0.15, 0.2) is 81.6 Å². The zero-order valence-electron chi connectivity index (χ0n) is 10.7. The van der Waals surface area contributed by atoms with Crippen molar-refractivity contribution in [2.24, 2.45) is 32.6 Å². The molecule has 0 saturated heterocycles. The Morgan fingerprint density at radius 3 is 1.24 bits per heavy atom. The van der Waals surface area contributed by atoms with Crippen LogP contribution in [-0.4, -0.2) is 17.6 Å². The van der Waals surface area contributed by atoms with Gasteiger partial charge in [0, 0.05) is 0 Å². The van der Waals surface area contributed by atoms with E-state index in [9.17, 15) is 0 Å². The van der Waals surface area contributed by atoms with Gasteiger partial charge < -0.3 is 11.7 Å². The monoisotopic (exact) mass is 350 g/mol. The molecule has 2 aromatic carbocycles. The van der Waals surface area contributed by atoms with E-state index in [0.717, 1.165) is 11.4 Å². The molecule has 0 bridgehead atoms. The second-order valence-corrected chi connectivity index (χ2v) is 3.39. The van der Waals surface area contributed by atoms with Gasteiger partial charge in [0.15, 0.2) is 0 Å². The molecule has 0 aliphatic heterocycles. The molecular formula is C12H20GeN8. The van der Waals surface area contributed by atoms with Crippen molar-refractivity contribution < 1.29 is 0 Å². The first kappa shape index (κ1) is 18.4. The maximum absolute atomic E-state index is 4.77. The second-order valence-electron chi connectivity index (χ2n) is 3.39. The van der Waals surface area contributed by atoms with E-state index in [0.29, 0.717) is 0 Å². The van der Waals surface area contributed by atoms with Gasteiger partial charge >= 0.3 is 17.6 Å². The molecule has 0 aliphatic carbocycles. The molecule has 0 aromatic heterocycles. The molecule has 2 rings (SSSR count). The molecule has 0 unspecified atom stereocenters. The van der Waals surface area contributed by atoms with Crippen LogP contribution < -0.4 is 22.5 Å². The summed E-state index contributed by atoms with van der Waals surface area (Å²) in [4.78, 5) is 0. The molecule has 0 amide bonds. The van der Waals surface area contributed by atoms with Crippen LogP contribution in [-0.2, 0) is 0 Å². The van der Waals surface area contributed by atoms with Crippen molar-refractivity contribution in [3.63, 3.8) is 0 Å². The van der Waals surface area contributed by atoms with E-state index in [1.54, 1.807) is 0 Å². The second kappa shape index (κ2) is 12.4. The Morgan fingerprint density at radius 1 is 0.619 bits per heavy atom. The normalized spacial score (nSPS) is 9.52. The van der Waals surface area contributed by atoms with Crippen molar-refractivity contribution in [3.8, 4) is 0 Å². The average molecular weight is 349 g/mol. The van der Waals surface area contributed by atoms with E-state index < -0.39 is 0 Å². The van der Waals surface area contributed by atoms with Crippen LogP contribution in [0.3, 0.4) is 0 Å². The predicted molar refractivity (Wildman–Crippen MR) is 89.6 cm³/mol. The van der Waals surface area contributed by atoms with E-state index in [-0.39, 0.29) is 17.6 Å². The summed E-state index contributed by atoms with van der Waals surface area (Å²) in [5.41, 5.74) is 7.00. The maximum atomic E-state index is 4.77. The summed E-state index contributed by atoms with van der Waals surface area (Å²) in [5.74, 6) is 9.54. The summed E-state index contributed by atoms with van der Waals surface area (Å²) in [6.45, 7) is 0. The topological polar surface area (TPSA) is 126 Å². The van der Waals surface area contributed by atoms with E-state index in [4.69, 9.17) is 11.7 Å². The molecule has 0 fully saturated rings. The summed E-state index contributed by atoms with van der Waals surface area (Å²) in [6, 6.07) is 18.9. The van der Waals surface area contributed by atoms with Crippen LogP contribution in [0.1, 0.15) is 0 Å². The first-order valence-electron chi connectivity index (χ1n) is 5.68. The third-order valence-corrected chi connectivity index (χ3v) is 2.02. The number of nitrogens with zero attached hydrogens (tertiary/aromatic N) is 4. The van der Waals surface area contributed by atoms with E-state index >= 15 is 0 Å². The van der Waals surface area contributed by atoms with Crippen molar-refractivity contribution in [2.45, 2.75) is 0 Å². The molecule has 0 saturated carbocycles. The molecular weight excluding hydrogens is 329 g/mol. The SMILES string of the molecule is NN=NNc1ccccc1.NN=NNc1ccccc1.[GeH4]. The molecule has 0 heterocycles. The number of para-hydroxylation sites is 2. The predicted octanol–water partition coefficient (Wildman–Crippen LogP) is 1.23. The fourth-order valence-corrected chi connectivity index (χ4v) is 1.20. The fourth-order valence-electron chi connectivity index (χ4n) is 1.20. The van der Waals surface area contributed by atoms with Crippen LogP contribution in [0.2, 0.25) is 0 Å². The number of rotatable bonds is 4. The Bertz CT molecular complexity index is 468. The zero-order chi connectivity index (χ0) is 14.5. The molecule has 0 atom stereocenters. The van der Waals surface area contributed by atoms with Crippen molar-refractivity contribution in [1.82, 2.24) is 0 Å². The van der Waals surface area contributed by atoms with Gasteiger partial charge in [-0.1, -0.05) is 57.3 Å². The Kier molecular flexibility index (Phi) is 10.9. The van der Waals surface area contributed by atoms with Crippen molar-refractivity contribution in [1.29, 1.82) is 0 Å². The van der Waals surface area contributed by atoms with Gasteiger partial charge in [-0.25, -0.2) is 0 Å². The molecule has 112 valence electrons. The van der Waals surface area contributed by atoms with Gasteiger partial charge in [0.1, 0.15) is 0 Å². The van der Waals surface area contributed by atoms with Crippen molar-refractivity contribution in [2.75, 3.05) is 10.9 Å². The van der Waals surface area contributed by atoms with Crippen molar-refractivity contribution in [3.05, 3.63) is 60.7 Å². The summed E-state index contributed by atoms with van der Waals surface area (Å²) in [6.07, 6.45) is 0. The molecule has 0 spiro atoms. The van der Waals surface area contributed by atoms with Crippen LogP contribution >= 0.6 is 0 Å². The van der Waals surface area contributed by atoms with E-state index in [1.165, 1.54) is 0 Å². The summed E-state index contributed by atoms with van der Waals surface area (Å²) >= 11 is 0. The summed E-state index contributed by atoms with van der Waals surface area (Å²) in [7, 11) is 0. The van der Waals surface area contributed by atoms with Crippen LogP contribution in [0.25, 0.3) is 0 Å². The number of nitrogens with two attached hydrogens (primary N) is 2. The quantitative estimate of drug-likeness (QED) is 0.287. The van der Waals surface area contributed by atoms with Crippen LogP contribution in [0, 0.1) is 0 Å². The molecule has 8 nitrogen and oxygen atoms in total. The van der Waals surface area contributed by atoms with Gasteiger partial charge in [-0.05, 0) is 24.3 Å². The van der Waals surface area contributed by atoms with Gasteiger partial charge in [-0.15, -0.1) is 0 Å². The Labute approximate surface area is 133 Å². The summed E-state index contributed by atoms with van der Waals surface area (Å²) in [5, 5.41) is 12.9. The average Bonchev–Trinajstić information content (AvgIpc) is 2.53. The standard InChI is InChI=1S/2C6H8N4.GeH4/c2*7-9-10-8-6-4-2-1-3-5-6;/h2*1-5H,(H2,7,10)(H,8,9);1H4. The van der Waals surface area contributed by atoms with E-state index in [1.807, 2.05) is 60.7 Å². The minimum absolute atomic E-state index is 0. The molecule has 2 aromatic rings. The van der Waals surface area contributed by atoms with Crippen LogP contribution in [0.5, 0.6) is 0 Å². The first-order valence-corrected chi connectivity index (χ1v) is 5.68. The molecule has 6 N–H and O–H groups in total. The van der Waals surface area contributed by atoms with Gasteiger partial charge in [0.05, 0.1) is 11.4 Å². The Balaban J connectivity index is 0.000000364. The van der Waals surface area contributed by atoms with Gasteiger partial charge in [-0.3, -0.25) is 10.9 Å². The number of benzene rings is 2. The number of anilines is 2. The van der Waals surface area contributed by atoms with Crippen LogP contribution in [0.4, 0.5) is 11.4 Å². The number of hydrogen-bond donors (Lipinski definition) is 4. The van der Waals surface area contributed by atoms with E-state index in [2.05, 4.69) is 31.7 Å². The molecule has 9 heteroatoms.